The second-order valence-electron chi connectivity index (χ2n) is 7.74. The van der Waals surface area contributed by atoms with Crippen LogP contribution >= 0.6 is 34.5 Å². The molecule has 10 heteroatoms. The highest BCUT2D eigenvalue weighted by Crippen LogP contribution is 2.32. The summed E-state index contributed by atoms with van der Waals surface area (Å²) in [6, 6.07) is 9.39. The fourth-order valence-electron chi connectivity index (χ4n) is 3.97. The number of carbonyl (C=O) groups excluding carboxylic acids is 1. The molecule has 1 amide bonds. The monoisotopic (exact) mass is 511 g/mol. The molecule has 0 bridgehead atoms. The van der Waals surface area contributed by atoms with E-state index < -0.39 is 15.9 Å². The zero-order valence-electron chi connectivity index (χ0n) is 17.7. The third-order valence-corrected chi connectivity index (χ3v) is 9.56. The van der Waals surface area contributed by atoms with Crippen molar-refractivity contribution < 1.29 is 13.2 Å². The Morgan fingerprint density at radius 1 is 1.12 bits per heavy atom. The number of halogens is 2. The Morgan fingerprint density at radius 2 is 1.81 bits per heavy atom. The van der Waals surface area contributed by atoms with Gasteiger partial charge in [-0.1, -0.05) is 41.0 Å². The Bertz CT molecular complexity index is 1350. The molecule has 2 heterocycles. The molecule has 170 valence electrons. The van der Waals surface area contributed by atoms with Crippen LogP contribution in [0.25, 0.3) is 10.2 Å². The predicted molar refractivity (Wildman–Crippen MR) is 129 cm³/mol. The van der Waals surface area contributed by atoms with E-state index in [0.717, 1.165) is 29.5 Å². The molecule has 1 aliphatic rings. The Labute approximate surface area is 201 Å². The number of rotatable bonds is 4. The minimum Gasteiger partial charge on any atom is -0.315 e. The first-order chi connectivity index (χ1) is 15.2. The molecule has 1 aromatic heterocycles. The van der Waals surface area contributed by atoms with Crippen LogP contribution in [0.5, 0.6) is 0 Å². The quantitative estimate of drug-likeness (QED) is 0.474. The first-order valence-corrected chi connectivity index (χ1v) is 13.4. The molecular formula is C22H23Cl2N3O3S2. The topological polar surface area (TPSA) is 71.7 Å². The molecule has 32 heavy (non-hydrogen) atoms. The maximum atomic E-state index is 13.0. The van der Waals surface area contributed by atoms with Crippen molar-refractivity contribution in [1.82, 2.24) is 8.87 Å². The second kappa shape index (κ2) is 9.27. The molecule has 0 aliphatic carbocycles. The summed E-state index contributed by atoms with van der Waals surface area (Å²) in [6.45, 7) is 4.96. The van der Waals surface area contributed by atoms with Gasteiger partial charge >= 0.3 is 0 Å². The van der Waals surface area contributed by atoms with Gasteiger partial charge in [-0.15, -0.1) is 0 Å². The van der Waals surface area contributed by atoms with Gasteiger partial charge in [-0.25, -0.2) is 8.42 Å². The van der Waals surface area contributed by atoms with Gasteiger partial charge < -0.3 is 4.57 Å². The van der Waals surface area contributed by atoms with E-state index in [-0.39, 0.29) is 10.9 Å². The van der Waals surface area contributed by atoms with Gasteiger partial charge in [0.05, 0.1) is 25.2 Å². The minimum absolute atomic E-state index is 0.0267. The molecule has 2 aromatic carbocycles. The number of aromatic nitrogens is 1. The van der Waals surface area contributed by atoms with E-state index in [1.165, 1.54) is 35.6 Å². The van der Waals surface area contributed by atoms with Crippen LogP contribution in [0.4, 0.5) is 0 Å². The van der Waals surface area contributed by atoms with Crippen molar-refractivity contribution in [3.05, 3.63) is 56.8 Å². The number of aryl methyl sites for hydroxylation is 1. The molecule has 4 rings (SSSR count). The van der Waals surface area contributed by atoms with Crippen LogP contribution in [0.15, 0.2) is 46.3 Å². The smallest absolute Gasteiger partial charge is 0.279 e. The molecule has 0 radical (unpaired) electrons. The van der Waals surface area contributed by atoms with E-state index in [2.05, 4.69) is 4.99 Å². The van der Waals surface area contributed by atoms with Gasteiger partial charge in [0, 0.05) is 24.7 Å². The van der Waals surface area contributed by atoms with Crippen LogP contribution < -0.4 is 4.80 Å². The summed E-state index contributed by atoms with van der Waals surface area (Å²) in [5, 5.41) is 1.09. The van der Waals surface area contributed by atoms with Crippen LogP contribution in [0.1, 0.15) is 43.5 Å². The highest BCUT2D eigenvalue weighted by molar-refractivity contribution is 7.89. The molecule has 0 N–H and O–H groups in total. The predicted octanol–water partition coefficient (Wildman–Crippen LogP) is 5.33. The molecular weight excluding hydrogens is 489 g/mol. The number of amides is 1. The summed E-state index contributed by atoms with van der Waals surface area (Å²) < 4.78 is 30.2. The number of hydrogen-bond donors (Lipinski definition) is 0. The number of sulfonamides is 1. The van der Waals surface area contributed by atoms with Gasteiger partial charge in [-0.2, -0.15) is 9.30 Å². The molecule has 0 saturated carbocycles. The minimum atomic E-state index is -3.59. The average molecular weight is 512 g/mol. The van der Waals surface area contributed by atoms with Gasteiger partial charge in [0.15, 0.2) is 4.80 Å². The lowest BCUT2D eigenvalue weighted by Crippen LogP contribution is -2.41. The van der Waals surface area contributed by atoms with Crippen molar-refractivity contribution >= 4 is 60.7 Å². The number of piperidine rings is 1. The molecule has 0 spiro atoms. The fourth-order valence-corrected chi connectivity index (χ4v) is 7.38. The maximum Gasteiger partial charge on any atom is 0.279 e. The largest absolute Gasteiger partial charge is 0.315 e. The van der Waals surface area contributed by atoms with Crippen LogP contribution in [-0.4, -0.2) is 35.8 Å². The van der Waals surface area contributed by atoms with E-state index in [1.54, 1.807) is 16.4 Å². The Kier molecular flexibility index (Phi) is 6.79. The zero-order chi connectivity index (χ0) is 23.0. The maximum absolute atomic E-state index is 13.0. The number of fused-ring (bicyclic) bond motifs is 1. The summed E-state index contributed by atoms with van der Waals surface area (Å²) in [5.74, 6) is -0.457. The van der Waals surface area contributed by atoms with E-state index >= 15 is 0 Å². The van der Waals surface area contributed by atoms with Gasteiger partial charge in [-0.05, 0) is 63.1 Å². The Balaban J connectivity index is 1.67. The van der Waals surface area contributed by atoms with E-state index in [9.17, 15) is 13.2 Å². The molecule has 1 unspecified atom stereocenters. The molecule has 1 aliphatic heterocycles. The third-order valence-electron chi connectivity index (χ3n) is 5.69. The van der Waals surface area contributed by atoms with Crippen molar-refractivity contribution in [2.75, 3.05) is 6.54 Å². The molecule has 6 nitrogen and oxygen atoms in total. The number of benzene rings is 2. The highest BCUT2D eigenvalue weighted by atomic mass is 35.5. The number of thiazole rings is 1. The van der Waals surface area contributed by atoms with Crippen molar-refractivity contribution in [3.8, 4) is 0 Å². The summed E-state index contributed by atoms with van der Waals surface area (Å²) in [6.07, 6.45) is 2.75. The average Bonchev–Trinajstić information content (AvgIpc) is 3.16. The van der Waals surface area contributed by atoms with Gasteiger partial charge in [-0.3, -0.25) is 4.79 Å². The van der Waals surface area contributed by atoms with Gasteiger partial charge in [0.25, 0.3) is 5.91 Å². The Hall–Kier alpha value is -1.71. The van der Waals surface area contributed by atoms with Crippen molar-refractivity contribution in [2.24, 2.45) is 4.99 Å². The molecule has 1 atom stereocenters. The highest BCUT2D eigenvalue weighted by Gasteiger charge is 2.30. The lowest BCUT2D eigenvalue weighted by atomic mass is 10.1. The van der Waals surface area contributed by atoms with E-state index in [1.807, 2.05) is 18.4 Å². The molecule has 1 fully saturated rings. The number of carbonyl (C=O) groups is 1. The van der Waals surface area contributed by atoms with Gasteiger partial charge in [0.1, 0.15) is 0 Å². The lowest BCUT2D eigenvalue weighted by molar-refractivity contribution is 0.0997. The summed E-state index contributed by atoms with van der Waals surface area (Å²) in [4.78, 5) is 17.8. The second-order valence-corrected chi connectivity index (χ2v) is 11.4. The first kappa shape index (κ1) is 23.4. The van der Waals surface area contributed by atoms with Crippen molar-refractivity contribution in [2.45, 2.75) is 50.6 Å². The normalized spacial score (nSPS) is 18.4. The molecule has 1 saturated heterocycles. The summed E-state index contributed by atoms with van der Waals surface area (Å²) in [5.41, 5.74) is 1.06. The molecule has 3 aromatic rings. The summed E-state index contributed by atoms with van der Waals surface area (Å²) in [7, 11) is -3.59. The first-order valence-electron chi connectivity index (χ1n) is 10.4. The number of hydrogen-bond acceptors (Lipinski definition) is 4. The van der Waals surface area contributed by atoms with Crippen LogP contribution in [-0.2, 0) is 16.6 Å². The zero-order valence-corrected chi connectivity index (χ0v) is 20.9. The summed E-state index contributed by atoms with van der Waals surface area (Å²) >= 11 is 14.0. The lowest BCUT2D eigenvalue weighted by Gasteiger charge is -2.32. The number of nitrogens with zero attached hydrogens (tertiary/aromatic N) is 3. The van der Waals surface area contributed by atoms with Crippen LogP contribution in [0.3, 0.4) is 0 Å². The van der Waals surface area contributed by atoms with Crippen LogP contribution in [0.2, 0.25) is 10.0 Å². The van der Waals surface area contributed by atoms with Crippen molar-refractivity contribution in [1.29, 1.82) is 0 Å². The van der Waals surface area contributed by atoms with Gasteiger partial charge in [0.2, 0.25) is 10.0 Å². The third kappa shape index (κ3) is 4.26. The standard InChI is InChI=1S/C22H23Cl2N3O3S2/c1-3-26-19-17(23)11-12-18(24)20(19)31-22(26)25-21(28)15-7-9-16(10-8-15)32(29,30)27-13-5-4-6-14(27)2/h7-12,14H,3-6,13H2,1-2H3. The fraction of sp³-hybridized carbons (Fsp3) is 0.364. The van der Waals surface area contributed by atoms with Crippen LogP contribution in [0, 0.1) is 0 Å². The van der Waals surface area contributed by atoms with E-state index in [4.69, 9.17) is 23.2 Å². The van der Waals surface area contributed by atoms with Crippen molar-refractivity contribution in [3.63, 3.8) is 0 Å². The van der Waals surface area contributed by atoms with E-state index in [0.29, 0.717) is 33.5 Å². The SMILES string of the molecule is CCn1c(=NC(=O)c2ccc(S(=O)(=O)N3CCCCC3C)cc2)sc2c(Cl)ccc(Cl)c21. The Morgan fingerprint density at radius 3 is 2.47 bits per heavy atom.